The van der Waals surface area contributed by atoms with Crippen LogP contribution in [-0.4, -0.2) is 49.6 Å². The molecule has 6 nitrogen and oxygen atoms in total. The molecule has 0 aromatic heterocycles. The minimum absolute atomic E-state index is 0.0274. The van der Waals surface area contributed by atoms with Gasteiger partial charge in [-0.2, -0.15) is 0 Å². The highest BCUT2D eigenvalue weighted by atomic mass is 16.5. The Labute approximate surface area is 118 Å². The van der Waals surface area contributed by atoms with Crippen molar-refractivity contribution in [1.29, 1.82) is 0 Å². The van der Waals surface area contributed by atoms with E-state index in [4.69, 9.17) is 19.7 Å². The molecule has 0 saturated heterocycles. The van der Waals surface area contributed by atoms with Crippen molar-refractivity contribution in [3.05, 3.63) is 23.8 Å². The quantitative estimate of drug-likeness (QED) is 0.617. The second-order valence-electron chi connectivity index (χ2n) is 4.35. The maximum atomic E-state index is 10.9. The number of aliphatic hydroxyl groups excluding tert-OH is 1. The third-order valence-electron chi connectivity index (χ3n) is 2.92. The number of benzene rings is 1. The molecule has 0 heterocycles. The van der Waals surface area contributed by atoms with Crippen LogP contribution in [0.4, 0.5) is 0 Å². The van der Waals surface area contributed by atoms with E-state index in [2.05, 4.69) is 5.32 Å². The van der Waals surface area contributed by atoms with Crippen LogP contribution >= 0.6 is 0 Å². The van der Waals surface area contributed by atoms with Crippen LogP contribution in [0, 0.1) is 0 Å². The van der Waals surface area contributed by atoms with Gasteiger partial charge in [-0.1, -0.05) is 0 Å². The van der Waals surface area contributed by atoms with E-state index in [0.29, 0.717) is 24.5 Å². The standard InChI is InChI=1S/C14H21NO5/c1-19-12-3-4-13(20-2)10(8-12)7-11(9-14(17)18)15-5-6-16/h3-4,8,11,15-16H,5-7,9H2,1-2H3,(H,17,18). The summed E-state index contributed by atoms with van der Waals surface area (Å²) in [7, 11) is 3.14. The Balaban J connectivity index is 2.86. The molecule has 0 bridgehead atoms. The summed E-state index contributed by atoms with van der Waals surface area (Å²) >= 11 is 0. The zero-order valence-corrected chi connectivity index (χ0v) is 11.8. The fraction of sp³-hybridized carbons (Fsp3) is 0.500. The van der Waals surface area contributed by atoms with E-state index in [1.165, 1.54) is 0 Å². The van der Waals surface area contributed by atoms with Crippen molar-refractivity contribution in [2.24, 2.45) is 0 Å². The van der Waals surface area contributed by atoms with Gasteiger partial charge in [0, 0.05) is 12.6 Å². The Morgan fingerprint density at radius 3 is 2.65 bits per heavy atom. The zero-order valence-electron chi connectivity index (χ0n) is 11.8. The summed E-state index contributed by atoms with van der Waals surface area (Å²) in [5.74, 6) is 0.492. The summed E-state index contributed by atoms with van der Waals surface area (Å²) in [4.78, 5) is 10.9. The molecular formula is C14H21NO5. The molecule has 20 heavy (non-hydrogen) atoms. The van der Waals surface area contributed by atoms with Crippen molar-refractivity contribution in [1.82, 2.24) is 5.32 Å². The first kappa shape index (κ1) is 16.3. The predicted molar refractivity (Wildman–Crippen MR) is 74.4 cm³/mol. The molecular weight excluding hydrogens is 262 g/mol. The van der Waals surface area contributed by atoms with E-state index >= 15 is 0 Å². The molecule has 1 atom stereocenters. The summed E-state index contributed by atoms with van der Waals surface area (Å²) < 4.78 is 10.4. The lowest BCUT2D eigenvalue weighted by Crippen LogP contribution is -2.35. The Bertz CT molecular complexity index is 436. The summed E-state index contributed by atoms with van der Waals surface area (Å²) in [6, 6.07) is 5.13. The summed E-state index contributed by atoms with van der Waals surface area (Å²) in [6.45, 7) is 0.315. The topological polar surface area (TPSA) is 88.0 Å². The number of ether oxygens (including phenoxy) is 2. The molecule has 0 amide bonds. The highest BCUT2D eigenvalue weighted by molar-refractivity contribution is 5.67. The van der Waals surface area contributed by atoms with Gasteiger partial charge in [0.15, 0.2) is 0 Å². The lowest BCUT2D eigenvalue weighted by Gasteiger charge is -2.18. The number of methoxy groups -OCH3 is 2. The number of aliphatic hydroxyl groups is 1. The number of aliphatic carboxylic acids is 1. The first-order chi connectivity index (χ1) is 9.60. The van der Waals surface area contributed by atoms with Gasteiger partial charge in [-0.3, -0.25) is 4.79 Å². The van der Waals surface area contributed by atoms with Crippen molar-refractivity contribution >= 4 is 5.97 Å². The largest absolute Gasteiger partial charge is 0.497 e. The maximum Gasteiger partial charge on any atom is 0.304 e. The summed E-state index contributed by atoms with van der Waals surface area (Å²) in [5.41, 5.74) is 0.864. The van der Waals surface area contributed by atoms with E-state index in [-0.39, 0.29) is 19.1 Å². The van der Waals surface area contributed by atoms with E-state index in [9.17, 15) is 4.79 Å². The minimum Gasteiger partial charge on any atom is -0.497 e. The van der Waals surface area contributed by atoms with Gasteiger partial charge in [-0.25, -0.2) is 0 Å². The highest BCUT2D eigenvalue weighted by Gasteiger charge is 2.16. The number of carboxylic acid groups (broad SMARTS) is 1. The van der Waals surface area contributed by atoms with Crippen LogP contribution in [0.1, 0.15) is 12.0 Å². The molecule has 3 N–H and O–H groups in total. The molecule has 0 aliphatic rings. The Kier molecular flexibility index (Phi) is 6.83. The monoisotopic (exact) mass is 283 g/mol. The van der Waals surface area contributed by atoms with Crippen LogP contribution in [-0.2, 0) is 11.2 Å². The lowest BCUT2D eigenvalue weighted by molar-refractivity contribution is -0.137. The molecule has 1 unspecified atom stereocenters. The van der Waals surface area contributed by atoms with E-state index in [1.54, 1.807) is 26.4 Å². The zero-order chi connectivity index (χ0) is 15.0. The van der Waals surface area contributed by atoms with Crippen LogP contribution in [0.15, 0.2) is 18.2 Å². The molecule has 0 radical (unpaired) electrons. The van der Waals surface area contributed by atoms with Crippen molar-refractivity contribution in [3.63, 3.8) is 0 Å². The van der Waals surface area contributed by atoms with Gasteiger partial charge in [-0.15, -0.1) is 0 Å². The SMILES string of the molecule is COc1ccc(OC)c(CC(CC(=O)O)NCCO)c1. The number of carboxylic acids is 1. The van der Waals surface area contributed by atoms with Crippen molar-refractivity contribution in [2.75, 3.05) is 27.4 Å². The van der Waals surface area contributed by atoms with Gasteiger partial charge in [0.25, 0.3) is 0 Å². The number of hydrogen-bond donors (Lipinski definition) is 3. The third kappa shape index (κ3) is 5.07. The fourth-order valence-corrected chi connectivity index (χ4v) is 2.00. The van der Waals surface area contributed by atoms with Gasteiger partial charge in [-0.05, 0) is 30.2 Å². The molecule has 1 aromatic rings. The van der Waals surface area contributed by atoms with Gasteiger partial charge < -0.3 is 25.0 Å². The molecule has 112 valence electrons. The van der Waals surface area contributed by atoms with E-state index in [0.717, 1.165) is 5.56 Å². The molecule has 0 aliphatic carbocycles. The van der Waals surface area contributed by atoms with Crippen molar-refractivity contribution in [2.45, 2.75) is 18.9 Å². The van der Waals surface area contributed by atoms with Crippen LogP contribution in [0.3, 0.4) is 0 Å². The highest BCUT2D eigenvalue weighted by Crippen LogP contribution is 2.25. The maximum absolute atomic E-state index is 10.9. The average molecular weight is 283 g/mol. The molecule has 0 spiro atoms. The second-order valence-corrected chi connectivity index (χ2v) is 4.35. The Morgan fingerprint density at radius 1 is 1.35 bits per heavy atom. The Hall–Kier alpha value is -1.79. The van der Waals surface area contributed by atoms with E-state index < -0.39 is 5.97 Å². The van der Waals surface area contributed by atoms with Gasteiger partial charge in [0.05, 0.1) is 27.2 Å². The summed E-state index contributed by atoms with van der Waals surface area (Å²) in [5, 5.41) is 20.8. The molecule has 6 heteroatoms. The van der Waals surface area contributed by atoms with Gasteiger partial charge >= 0.3 is 5.97 Å². The first-order valence-electron chi connectivity index (χ1n) is 6.37. The van der Waals surface area contributed by atoms with Gasteiger partial charge in [0.2, 0.25) is 0 Å². The molecule has 1 rings (SSSR count). The third-order valence-corrected chi connectivity index (χ3v) is 2.92. The number of nitrogens with one attached hydrogen (secondary N) is 1. The number of carbonyl (C=O) groups is 1. The summed E-state index contributed by atoms with van der Waals surface area (Å²) in [6.07, 6.45) is 0.451. The fourth-order valence-electron chi connectivity index (χ4n) is 2.00. The lowest BCUT2D eigenvalue weighted by atomic mass is 10.0. The van der Waals surface area contributed by atoms with Crippen molar-refractivity contribution in [3.8, 4) is 11.5 Å². The normalized spacial score (nSPS) is 11.9. The van der Waals surface area contributed by atoms with E-state index in [1.807, 2.05) is 6.07 Å². The molecule has 1 aromatic carbocycles. The van der Waals surface area contributed by atoms with Crippen LogP contribution < -0.4 is 14.8 Å². The molecule has 0 saturated carbocycles. The average Bonchev–Trinajstić information content (AvgIpc) is 2.44. The molecule has 0 aliphatic heterocycles. The van der Waals surface area contributed by atoms with Crippen LogP contribution in [0.25, 0.3) is 0 Å². The molecule has 0 fully saturated rings. The Morgan fingerprint density at radius 2 is 2.10 bits per heavy atom. The van der Waals surface area contributed by atoms with Gasteiger partial charge in [0.1, 0.15) is 11.5 Å². The predicted octanol–water partition coefficient (Wildman–Crippen LogP) is 0.671. The van der Waals surface area contributed by atoms with Crippen LogP contribution in [0.2, 0.25) is 0 Å². The number of hydrogen-bond acceptors (Lipinski definition) is 5. The minimum atomic E-state index is -0.887. The second kappa shape index (κ2) is 8.39. The smallest absolute Gasteiger partial charge is 0.304 e. The van der Waals surface area contributed by atoms with Crippen molar-refractivity contribution < 1.29 is 24.5 Å². The van der Waals surface area contributed by atoms with Crippen LogP contribution in [0.5, 0.6) is 11.5 Å². The number of rotatable bonds is 9. The first-order valence-corrected chi connectivity index (χ1v) is 6.37.